The Morgan fingerprint density at radius 2 is 2.17 bits per heavy atom. The summed E-state index contributed by atoms with van der Waals surface area (Å²) in [6.07, 6.45) is 7.30. The molecule has 1 atom stereocenters. The van der Waals surface area contributed by atoms with Crippen LogP contribution in [-0.2, 0) is 4.79 Å². The molecule has 0 aromatic heterocycles. The molecule has 1 amide bonds. The molecule has 2 aliphatic rings. The van der Waals surface area contributed by atoms with E-state index in [1.54, 1.807) is 0 Å². The van der Waals surface area contributed by atoms with Crippen molar-refractivity contribution >= 4 is 5.91 Å². The Morgan fingerprint density at radius 1 is 1.39 bits per heavy atom. The summed E-state index contributed by atoms with van der Waals surface area (Å²) in [6.45, 7) is 3.03. The molecule has 2 fully saturated rings. The zero-order valence-electron chi connectivity index (χ0n) is 11.2. The Kier molecular flexibility index (Phi) is 5.01. The zero-order chi connectivity index (χ0) is 12.8. The average molecular weight is 254 g/mol. The van der Waals surface area contributed by atoms with Gasteiger partial charge >= 0.3 is 0 Å². The number of rotatable bonds is 6. The first-order valence-electron chi connectivity index (χ1n) is 7.32. The molecule has 0 aromatic rings. The lowest BCUT2D eigenvalue weighted by Gasteiger charge is -2.26. The van der Waals surface area contributed by atoms with Crippen molar-refractivity contribution in [2.45, 2.75) is 44.9 Å². The van der Waals surface area contributed by atoms with E-state index in [4.69, 9.17) is 0 Å². The van der Waals surface area contributed by atoms with Crippen molar-refractivity contribution in [1.82, 2.24) is 10.6 Å². The number of amides is 1. The molecule has 3 N–H and O–H groups in total. The van der Waals surface area contributed by atoms with Crippen LogP contribution in [0.4, 0.5) is 0 Å². The van der Waals surface area contributed by atoms with Crippen LogP contribution in [0, 0.1) is 11.3 Å². The van der Waals surface area contributed by atoms with Crippen molar-refractivity contribution in [1.29, 1.82) is 0 Å². The van der Waals surface area contributed by atoms with Crippen molar-refractivity contribution in [2.75, 3.05) is 26.2 Å². The van der Waals surface area contributed by atoms with E-state index in [1.165, 1.54) is 19.3 Å². The molecule has 0 radical (unpaired) electrons. The van der Waals surface area contributed by atoms with Gasteiger partial charge in [-0.3, -0.25) is 4.79 Å². The average Bonchev–Trinajstić information content (AvgIpc) is 3.06. The minimum Gasteiger partial charge on any atom is -0.396 e. The van der Waals surface area contributed by atoms with Gasteiger partial charge in [0.15, 0.2) is 0 Å². The molecule has 1 saturated heterocycles. The number of hydrogen-bond acceptors (Lipinski definition) is 3. The van der Waals surface area contributed by atoms with Gasteiger partial charge in [0.05, 0.1) is 6.61 Å². The highest BCUT2D eigenvalue weighted by atomic mass is 16.3. The van der Waals surface area contributed by atoms with E-state index in [0.717, 1.165) is 32.4 Å². The number of nitrogens with one attached hydrogen (secondary N) is 2. The summed E-state index contributed by atoms with van der Waals surface area (Å²) in [5.41, 5.74) is -0.0232. The molecule has 2 rings (SSSR count). The Labute approximate surface area is 110 Å². The fraction of sp³-hybridized carbons (Fsp3) is 0.929. The lowest BCUT2D eigenvalue weighted by atomic mass is 9.87. The molecule has 0 spiro atoms. The summed E-state index contributed by atoms with van der Waals surface area (Å²) < 4.78 is 0. The van der Waals surface area contributed by atoms with Gasteiger partial charge < -0.3 is 15.7 Å². The first-order valence-corrected chi connectivity index (χ1v) is 7.32. The van der Waals surface area contributed by atoms with Crippen LogP contribution in [0.15, 0.2) is 0 Å². The predicted molar refractivity (Wildman–Crippen MR) is 71.2 cm³/mol. The molecule has 0 bridgehead atoms. The van der Waals surface area contributed by atoms with Gasteiger partial charge in [-0.25, -0.2) is 0 Å². The van der Waals surface area contributed by atoms with Gasteiger partial charge in [0.2, 0.25) is 5.91 Å². The molecule has 1 aliphatic carbocycles. The molecule has 104 valence electrons. The molecule has 1 heterocycles. The standard InChI is InChI=1S/C14H26N2O2/c17-11-14(6-1-2-7-14)10-16-13(18)4-3-12-5-8-15-9-12/h12,15,17H,1-11H2,(H,16,18). The first kappa shape index (κ1) is 13.8. The predicted octanol–water partition coefficient (Wildman–Crippen LogP) is 1.04. The fourth-order valence-corrected chi connectivity index (χ4v) is 3.19. The van der Waals surface area contributed by atoms with Crippen LogP contribution in [-0.4, -0.2) is 37.3 Å². The van der Waals surface area contributed by atoms with Crippen LogP contribution in [0.3, 0.4) is 0 Å². The van der Waals surface area contributed by atoms with E-state index in [2.05, 4.69) is 10.6 Å². The minimum atomic E-state index is -0.0232. The molecule has 1 saturated carbocycles. The Morgan fingerprint density at radius 3 is 2.78 bits per heavy atom. The van der Waals surface area contributed by atoms with Crippen LogP contribution in [0.1, 0.15) is 44.9 Å². The normalized spacial score (nSPS) is 26.4. The maximum atomic E-state index is 11.8. The molecule has 1 unspecified atom stereocenters. The maximum absolute atomic E-state index is 11.8. The quantitative estimate of drug-likeness (QED) is 0.664. The third kappa shape index (κ3) is 3.69. The summed E-state index contributed by atoms with van der Waals surface area (Å²) in [5, 5.41) is 15.8. The van der Waals surface area contributed by atoms with Crippen LogP contribution in [0.2, 0.25) is 0 Å². The summed E-state index contributed by atoms with van der Waals surface area (Å²) in [7, 11) is 0. The topological polar surface area (TPSA) is 61.4 Å². The smallest absolute Gasteiger partial charge is 0.220 e. The lowest BCUT2D eigenvalue weighted by molar-refractivity contribution is -0.122. The van der Waals surface area contributed by atoms with E-state index in [1.807, 2.05) is 0 Å². The highest BCUT2D eigenvalue weighted by Crippen LogP contribution is 2.36. The molecule has 0 aromatic carbocycles. The summed E-state index contributed by atoms with van der Waals surface area (Å²) in [6, 6.07) is 0. The van der Waals surface area contributed by atoms with Crippen molar-refractivity contribution < 1.29 is 9.90 Å². The van der Waals surface area contributed by atoms with Gasteiger partial charge in [0.25, 0.3) is 0 Å². The third-order valence-corrected chi connectivity index (χ3v) is 4.60. The summed E-state index contributed by atoms with van der Waals surface area (Å²) in [4.78, 5) is 11.8. The van der Waals surface area contributed by atoms with Gasteiger partial charge in [-0.2, -0.15) is 0 Å². The van der Waals surface area contributed by atoms with Gasteiger partial charge in [-0.1, -0.05) is 12.8 Å². The second-order valence-electron chi connectivity index (χ2n) is 6.04. The van der Waals surface area contributed by atoms with E-state index in [9.17, 15) is 9.90 Å². The lowest BCUT2D eigenvalue weighted by Crippen LogP contribution is -2.38. The highest BCUT2D eigenvalue weighted by Gasteiger charge is 2.33. The summed E-state index contributed by atoms with van der Waals surface area (Å²) in [5.74, 6) is 0.829. The molecule has 18 heavy (non-hydrogen) atoms. The Balaban J connectivity index is 1.64. The van der Waals surface area contributed by atoms with Gasteiger partial charge in [0, 0.05) is 18.4 Å². The van der Waals surface area contributed by atoms with Crippen LogP contribution in [0.25, 0.3) is 0 Å². The van der Waals surface area contributed by atoms with Crippen molar-refractivity contribution in [3.05, 3.63) is 0 Å². The molecule has 4 heteroatoms. The highest BCUT2D eigenvalue weighted by molar-refractivity contribution is 5.75. The van der Waals surface area contributed by atoms with Gasteiger partial charge in [0.1, 0.15) is 0 Å². The van der Waals surface area contributed by atoms with E-state index < -0.39 is 0 Å². The summed E-state index contributed by atoms with van der Waals surface area (Å²) >= 11 is 0. The fourth-order valence-electron chi connectivity index (χ4n) is 3.19. The number of hydrogen-bond donors (Lipinski definition) is 3. The van der Waals surface area contributed by atoms with Crippen LogP contribution in [0.5, 0.6) is 0 Å². The van der Waals surface area contributed by atoms with E-state index >= 15 is 0 Å². The number of carbonyl (C=O) groups excluding carboxylic acids is 1. The number of aliphatic hydroxyl groups excluding tert-OH is 1. The monoisotopic (exact) mass is 254 g/mol. The molecule has 4 nitrogen and oxygen atoms in total. The Hall–Kier alpha value is -0.610. The number of aliphatic hydroxyl groups is 1. The van der Waals surface area contributed by atoms with Gasteiger partial charge in [-0.05, 0) is 44.7 Å². The van der Waals surface area contributed by atoms with E-state index in [-0.39, 0.29) is 17.9 Å². The second kappa shape index (κ2) is 6.53. The molecular weight excluding hydrogens is 228 g/mol. The van der Waals surface area contributed by atoms with Crippen molar-refractivity contribution in [3.8, 4) is 0 Å². The van der Waals surface area contributed by atoms with Crippen molar-refractivity contribution in [2.24, 2.45) is 11.3 Å². The van der Waals surface area contributed by atoms with Crippen molar-refractivity contribution in [3.63, 3.8) is 0 Å². The first-order chi connectivity index (χ1) is 8.74. The second-order valence-corrected chi connectivity index (χ2v) is 6.04. The maximum Gasteiger partial charge on any atom is 0.220 e. The van der Waals surface area contributed by atoms with Crippen LogP contribution < -0.4 is 10.6 Å². The van der Waals surface area contributed by atoms with Gasteiger partial charge in [-0.15, -0.1) is 0 Å². The largest absolute Gasteiger partial charge is 0.396 e. The Bertz CT molecular complexity index is 269. The molecule has 1 aliphatic heterocycles. The third-order valence-electron chi connectivity index (χ3n) is 4.60. The SMILES string of the molecule is O=C(CCC1CCNC1)NCC1(CO)CCCC1. The zero-order valence-corrected chi connectivity index (χ0v) is 11.2. The minimum absolute atomic E-state index is 0.0232. The van der Waals surface area contributed by atoms with E-state index in [0.29, 0.717) is 18.9 Å². The van der Waals surface area contributed by atoms with Crippen LogP contribution >= 0.6 is 0 Å². The molecular formula is C14H26N2O2. The number of carbonyl (C=O) groups is 1.